The summed E-state index contributed by atoms with van der Waals surface area (Å²) in [7, 11) is 1.61. The van der Waals surface area contributed by atoms with Crippen LogP contribution in [0.2, 0.25) is 0 Å². The summed E-state index contributed by atoms with van der Waals surface area (Å²) in [5, 5.41) is 11.0. The number of benzene rings is 2. The van der Waals surface area contributed by atoms with E-state index in [4.69, 9.17) is 9.47 Å². The second kappa shape index (κ2) is 7.86. The number of nitro groups is 1. The molecule has 136 valence electrons. The third kappa shape index (κ3) is 3.77. The van der Waals surface area contributed by atoms with E-state index in [1.54, 1.807) is 24.1 Å². The Morgan fingerprint density at radius 1 is 1.23 bits per heavy atom. The minimum absolute atomic E-state index is 0.0113. The van der Waals surface area contributed by atoms with Gasteiger partial charge in [0, 0.05) is 12.6 Å². The van der Waals surface area contributed by atoms with Crippen LogP contribution in [-0.4, -0.2) is 36.0 Å². The molecule has 1 fully saturated rings. The molecule has 26 heavy (non-hydrogen) atoms. The van der Waals surface area contributed by atoms with E-state index < -0.39 is 4.92 Å². The van der Waals surface area contributed by atoms with Crippen LogP contribution >= 0.6 is 0 Å². The second-order valence-electron chi connectivity index (χ2n) is 6.03. The molecule has 0 bridgehead atoms. The number of para-hydroxylation sites is 2. The lowest BCUT2D eigenvalue weighted by atomic mass is 10.0. The standard InChI is InChI=1S/C19H20N2O5/c1-25-15-10-8-14(9-11-15)16-6-4-12-20(16)19(22)13-26-18-7-3-2-5-17(18)21(23)24/h2-3,5,7-11,16H,4,6,12-13H2,1H3/t16-/m1/s1. The Balaban J connectivity index is 1.68. The molecule has 1 atom stereocenters. The number of ether oxygens (including phenoxy) is 2. The molecule has 0 spiro atoms. The number of likely N-dealkylation sites (tertiary alicyclic amines) is 1. The van der Waals surface area contributed by atoms with E-state index in [2.05, 4.69) is 0 Å². The van der Waals surface area contributed by atoms with E-state index >= 15 is 0 Å². The number of carbonyl (C=O) groups is 1. The summed E-state index contributed by atoms with van der Waals surface area (Å²) in [6, 6.07) is 13.7. The van der Waals surface area contributed by atoms with Crippen molar-refractivity contribution in [3.8, 4) is 11.5 Å². The predicted octanol–water partition coefficient (Wildman–Crippen LogP) is 3.35. The number of nitro benzene ring substituents is 1. The van der Waals surface area contributed by atoms with Gasteiger partial charge in [0.05, 0.1) is 18.1 Å². The largest absolute Gasteiger partial charge is 0.497 e. The van der Waals surface area contributed by atoms with Gasteiger partial charge in [-0.05, 0) is 36.6 Å². The maximum absolute atomic E-state index is 12.6. The fraction of sp³-hybridized carbons (Fsp3) is 0.316. The molecule has 0 unspecified atom stereocenters. The van der Waals surface area contributed by atoms with E-state index in [0.29, 0.717) is 6.54 Å². The van der Waals surface area contributed by atoms with Gasteiger partial charge in [-0.1, -0.05) is 24.3 Å². The predicted molar refractivity (Wildman–Crippen MR) is 95.3 cm³/mol. The van der Waals surface area contributed by atoms with Crippen molar-refractivity contribution in [2.75, 3.05) is 20.3 Å². The van der Waals surface area contributed by atoms with Crippen LogP contribution in [0.5, 0.6) is 11.5 Å². The molecule has 2 aromatic carbocycles. The molecule has 7 heteroatoms. The van der Waals surface area contributed by atoms with Crippen LogP contribution in [0.1, 0.15) is 24.4 Å². The maximum Gasteiger partial charge on any atom is 0.310 e. The Kier molecular flexibility index (Phi) is 5.36. The van der Waals surface area contributed by atoms with Gasteiger partial charge in [-0.3, -0.25) is 14.9 Å². The molecule has 7 nitrogen and oxygen atoms in total. The molecule has 3 rings (SSSR count). The third-order valence-electron chi connectivity index (χ3n) is 4.49. The Bertz CT molecular complexity index is 791. The van der Waals surface area contributed by atoms with E-state index in [0.717, 1.165) is 24.2 Å². The summed E-state index contributed by atoms with van der Waals surface area (Å²) >= 11 is 0. The van der Waals surface area contributed by atoms with Crippen molar-refractivity contribution in [2.24, 2.45) is 0 Å². The van der Waals surface area contributed by atoms with Crippen molar-refractivity contribution in [2.45, 2.75) is 18.9 Å². The summed E-state index contributed by atoms with van der Waals surface area (Å²) in [6.07, 6.45) is 1.79. The van der Waals surface area contributed by atoms with Crippen molar-refractivity contribution in [1.82, 2.24) is 4.90 Å². The SMILES string of the molecule is COc1ccc([C@H]2CCCN2C(=O)COc2ccccc2[N+](=O)[O-])cc1. The fourth-order valence-electron chi connectivity index (χ4n) is 3.19. The van der Waals surface area contributed by atoms with E-state index in [9.17, 15) is 14.9 Å². The first-order chi connectivity index (χ1) is 12.6. The van der Waals surface area contributed by atoms with Gasteiger partial charge >= 0.3 is 5.69 Å². The highest BCUT2D eigenvalue weighted by atomic mass is 16.6. The highest BCUT2D eigenvalue weighted by Gasteiger charge is 2.30. The van der Waals surface area contributed by atoms with Crippen LogP contribution in [0, 0.1) is 10.1 Å². The monoisotopic (exact) mass is 356 g/mol. The van der Waals surface area contributed by atoms with Gasteiger partial charge in [-0.2, -0.15) is 0 Å². The van der Waals surface area contributed by atoms with E-state index in [1.807, 2.05) is 24.3 Å². The van der Waals surface area contributed by atoms with Crippen molar-refractivity contribution in [3.63, 3.8) is 0 Å². The van der Waals surface area contributed by atoms with Crippen LogP contribution in [0.3, 0.4) is 0 Å². The maximum atomic E-state index is 12.6. The van der Waals surface area contributed by atoms with Gasteiger partial charge < -0.3 is 14.4 Å². The number of hydrogen-bond acceptors (Lipinski definition) is 5. The zero-order valence-corrected chi connectivity index (χ0v) is 14.5. The molecular weight excluding hydrogens is 336 g/mol. The summed E-state index contributed by atoms with van der Waals surface area (Å²) in [5.41, 5.74) is 0.899. The van der Waals surface area contributed by atoms with Crippen molar-refractivity contribution in [1.29, 1.82) is 0 Å². The summed E-state index contributed by atoms with van der Waals surface area (Å²) < 4.78 is 10.6. The van der Waals surface area contributed by atoms with Crippen LogP contribution in [-0.2, 0) is 4.79 Å². The molecule has 0 aliphatic carbocycles. The quantitative estimate of drug-likeness (QED) is 0.586. The number of methoxy groups -OCH3 is 1. The summed E-state index contributed by atoms with van der Waals surface area (Å²) in [6.45, 7) is 0.424. The second-order valence-corrected chi connectivity index (χ2v) is 6.03. The third-order valence-corrected chi connectivity index (χ3v) is 4.49. The molecule has 1 amide bonds. The van der Waals surface area contributed by atoms with Gasteiger partial charge in [0.25, 0.3) is 5.91 Å². The molecule has 0 saturated carbocycles. The molecular formula is C19H20N2O5. The van der Waals surface area contributed by atoms with Gasteiger partial charge in [0.15, 0.2) is 12.4 Å². The number of nitrogens with zero attached hydrogens (tertiary/aromatic N) is 2. The lowest BCUT2D eigenvalue weighted by Gasteiger charge is -2.25. The molecule has 1 heterocycles. The Morgan fingerprint density at radius 3 is 2.65 bits per heavy atom. The minimum atomic E-state index is -0.518. The summed E-state index contributed by atoms with van der Waals surface area (Å²) in [5.74, 6) is 0.692. The Labute approximate surface area is 151 Å². The van der Waals surface area contributed by atoms with Gasteiger partial charge in [-0.15, -0.1) is 0 Å². The van der Waals surface area contributed by atoms with E-state index in [-0.39, 0.29) is 30.0 Å². The van der Waals surface area contributed by atoms with Crippen LogP contribution in [0.15, 0.2) is 48.5 Å². The smallest absolute Gasteiger partial charge is 0.310 e. The Morgan fingerprint density at radius 2 is 1.96 bits per heavy atom. The number of rotatable bonds is 6. The van der Waals surface area contributed by atoms with Gasteiger partial charge in [0.1, 0.15) is 5.75 Å². The highest BCUT2D eigenvalue weighted by Crippen LogP contribution is 2.33. The number of hydrogen-bond donors (Lipinski definition) is 0. The molecule has 0 radical (unpaired) electrons. The minimum Gasteiger partial charge on any atom is -0.497 e. The van der Waals surface area contributed by atoms with Crippen molar-refractivity contribution in [3.05, 3.63) is 64.2 Å². The average Bonchev–Trinajstić information content (AvgIpc) is 3.16. The van der Waals surface area contributed by atoms with Gasteiger partial charge in [0.2, 0.25) is 0 Å². The van der Waals surface area contributed by atoms with Crippen LogP contribution in [0.25, 0.3) is 0 Å². The van der Waals surface area contributed by atoms with Gasteiger partial charge in [-0.25, -0.2) is 0 Å². The van der Waals surface area contributed by atoms with E-state index in [1.165, 1.54) is 12.1 Å². The number of amides is 1. The number of carbonyl (C=O) groups excluding carboxylic acids is 1. The average molecular weight is 356 g/mol. The first-order valence-corrected chi connectivity index (χ1v) is 8.40. The lowest BCUT2D eigenvalue weighted by Crippen LogP contribution is -2.34. The molecule has 1 saturated heterocycles. The molecule has 0 aromatic heterocycles. The summed E-state index contributed by atoms with van der Waals surface area (Å²) in [4.78, 5) is 24.9. The van der Waals surface area contributed by atoms with Crippen molar-refractivity contribution < 1.29 is 19.2 Å². The lowest BCUT2D eigenvalue weighted by molar-refractivity contribution is -0.385. The normalized spacial score (nSPS) is 16.3. The Hall–Kier alpha value is -3.09. The molecule has 1 aliphatic heterocycles. The molecule has 1 aliphatic rings. The first kappa shape index (κ1) is 17.7. The molecule has 2 aromatic rings. The molecule has 0 N–H and O–H groups in total. The zero-order chi connectivity index (χ0) is 18.5. The van der Waals surface area contributed by atoms with Crippen molar-refractivity contribution >= 4 is 11.6 Å². The zero-order valence-electron chi connectivity index (χ0n) is 14.5. The van der Waals surface area contributed by atoms with Crippen LogP contribution in [0.4, 0.5) is 5.69 Å². The fourth-order valence-corrected chi connectivity index (χ4v) is 3.19. The first-order valence-electron chi connectivity index (χ1n) is 8.40. The topological polar surface area (TPSA) is 81.9 Å². The highest BCUT2D eigenvalue weighted by molar-refractivity contribution is 5.78. The van der Waals surface area contributed by atoms with Crippen LogP contribution < -0.4 is 9.47 Å².